The number of carbonyl (C=O) groups excluding carboxylic acids is 2. The molecule has 0 spiro atoms. The summed E-state index contributed by atoms with van der Waals surface area (Å²) in [7, 11) is 1.31. The number of methoxy groups -OCH3 is 1. The minimum atomic E-state index is -0.568. The lowest BCUT2D eigenvalue weighted by atomic mass is 9.86. The number of nitrogens with zero attached hydrogens (tertiary/aromatic N) is 1. The van der Waals surface area contributed by atoms with Crippen LogP contribution in [0.2, 0.25) is 0 Å². The van der Waals surface area contributed by atoms with Crippen LogP contribution in [0.25, 0.3) is 0 Å². The number of esters is 2. The van der Waals surface area contributed by atoms with E-state index in [1.165, 1.54) is 7.11 Å². The van der Waals surface area contributed by atoms with Crippen LogP contribution < -0.4 is 5.56 Å². The molecule has 112 valence electrons. The number of fused-ring (bicyclic) bond motifs is 2. The highest BCUT2D eigenvalue weighted by Gasteiger charge is 2.38. The van der Waals surface area contributed by atoms with E-state index >= 15 is 0 Å². The Morgan fingerprint density at radius 1 is 1.43 bits per heavy atom. The molecular weight excluding hydrogens is 274 g/mol. The molecule has 1 aromatic heterocycles. The Kier molecular flexibility index (Phi) is 3.31. The maximum atomic E-state index is 12.6. The Balaban J connectivity index is 2.37. The Labute approximate surface area is 121 Å². The highest BCUT2D eigenvalue weighted by atomic mass is 16.5. The van der Waals surface area contributed by atoms with Crippen molar-refractivity contribution in [3.8, 4) is 0 Å². The fourth-order valence-electron chi connectivity index (χ4n) is 3.33. The summed E-state index contributed by atoms with van der Waals surface area (Å²) in [6, 6.07) is 0. The van der Waals surface area contributed by atoms with Crippen molar-refractivity contribution in [1.82, 2.24) is 4.57 Å². The van der Waals surface area contributed by atoms with Gasteiger partial charge in [-0.1, -0.05) is 6.92 Å². The molecule has 0 bridgehead atoms. The molecular formula is C15H17NO5. The molecule has 21 heavy (non-hydrogen) atoms. The van der Waals surface area contributed by atoms with Crippen LogP contribution in [0.3, 0.4) is 0 Å². The first kappa shape index (κ1) is 13.9. The van der Waals surface area contributed by atoms with Gasteiger partial charge in [-0.15, -0.1) is 0 Å². The van der Waals surface area contributed by atoms with E-state index in [4.69, 9.17) is 9.47 Å². The van der Waals surface area contributed by atoms with Crippen molar-refractivity contribution in [1.29, 1.82) is 0 Å². The van der Waals surface area contributed by atoms with E-state index in [1.54, 1.807) is 4.57 Å². The summed E-state index contributed by atoms with van der Waals surface area (Å²) >= 11 is 0. The number of hydrogen-bond donors (Lipinski definition) is 0. The molecule has 6 nitrogen and oxygen atoms in total. The average Bonchev–Trinajstić information content (AvgIpc) is 2.96. The lowest BCUT2D eigenvalue weighted by molar-refractivity contribution is -0.148. The Hall–Kier alpha value is -2.11. The first-order valence-corrected chi connectivity index (χ1v) is 7.13. The van der Waals surface area contributed by atoms with Crippen molar-refractivity contribution < 1.29 is 19.1 Å². The number of rotatable bonds is 2. The quantitative estimate of drug-likeness (QED) is 0.764. The van der Waals surface area contributed by atoms with Gasteiger partial charge in [0, 0.05) is 12.2 Å². The molecule has 3 heterocycles. The van der Waals surface area contributed by atoms with Gasteiger partial charge < -0.3 is 14.0 Å². The van der Waals surface area contributed by atoms with Crippen molar-refractivity contribution in [2.24, 2.45) is 0 Å². The fourth-order valence-corrected chi connectivity index (χ4v) is 3.33. The van der Waals surface area contributed by atoms with Crippen molar-refractivity contribution in [3.63, 3.8) is 0 Å². The maximum Gasteiger partial charge on any atom is 0.339 e. The van der Waals surface area contributed by atoms with Crippen LogP contribution in [-0.4, -0.2) is 23.6 Å². The molecule has 0 aromatic carbocycles. The van der Waals surface area contributed by atoms with E-state index in [0.717, 1.165) is 6.42 Å². The third kappa shape index (κ3) is 1.89. The van der Waals surface area contributed by atoms with E-state index in [2.05, 4.69) is 0 Å². The monoisotopic (exact) mass is 291 g/mol. The zero-order chi connectivity index (χ0) is 15.1. The van der Waals surface area contributed by atoms with Gasteiger partial charge in [0.2, 0.25) is 0 Å². The van der Waals surface area contributed by atoms with Crippen molar-refractivity contribution in [3.05, 3.63) is 32.7 Å². The number of hydrogen-bond acceptors (Lipinski definition) is 5. The Morgan fingerprint density at radius 2 is 2.19 bits per heavy atom. The summed E-state index contributed by atoms with van der Waals surface area (Å²) < 4.78 is 11.6. The standard InChI is InChI=1S/C15H17NO5/c1-3-8-11-9(7-21-14(8)18)13(17)16-6-4-5-10(16)12(11)15(19)20-2/h8H,3-7H2,1-2H3. The normalized spacial score (nSPS) is 19.7. The number of aromatic nitrogens is 1. The number of ether oxygens (including phenoxy) is 2. The summed E-state index contributed by atoms with van der Waals surface area (Å²) in [4.78, 5) is 36.8. The van der Waals surface area contributed by atoms with Crippen LogP contribution in [0.5, 0.6) is 0 Å². The largest absolute Gasteiger partial charge is 0.465 e. The van der Waals surface area contributed by atoms with E-state index in [1.807, 2.05) is 6.92 Å². The molecule has 1 atom stereocenters. The van der Waals surface area contributed by atoms with E-state index in [-0.39, 0.29) is 18.1 Å². The summed E-state index contributed by atoms with van der Waals surface area (Å²) in [5.74, 6) is -1.43. The van der Waals surface area contributed by atoms with Crippen LogP contribution in [0.4, 0.5) is 0 Å². The van der Waals surface area contributed by atoms with E-state index < -0.39 is 11.9 Å². The summed E-state index contributed by atoms with van der Waals surface area (Å²) in [5, 5.41) is 0. The van der Waals surface area contributed by atoms with Crippen LogP contribution in [0.15, 0.2) is 4.79 Å². The molecule has 0 saturated carbocycles. The topological polar surface area (TPSA) is 74.6 Å². The zero-order valence-corrected chi connectivity index (χ0v) is 12.1. The van der Waals surface area contributed by atoms with Gasteiger partial charge in [-0.3, -0.25) is 9.59 Å². The van der Waals surface area contributed by atoms with Gasteiger partial charge in [-0.25, -0.2) is 4.79 Å². The van der Waals surface area contributed by atoms with Gasteiger partial charge in [-0.05, 0) is 24.8 Å². The summed E-state index contributed by atoms with van der Waals surface area (Å²) in [6.45, 7) is 2.37. The first-order chi connectivity index (χ1) is 10.1. The Bertz CT molecular complexity index is 688. The van der Waals surface area contributed by atoms with Gasteiger partial charge in [-0.2, -0.15) is 0 Å². The number of cyclic esters (lactones) is 1. The van der Waals surface area contributed by atoms with Gasteiger partial charge in [0.05, 0.1) is 24.2 Å². The van der Waals surface area contributed by atoms with E-state index in [9.17, 15) is 14.4 Å². The molecule has 6 heteroatoms. The maximum absolute atomic E-state index is 12.6. The highest BCUT2D eigenvalue weighted by Crippen LogP contribution is 2.35. The van der Waals surface area contributed by atoms with Gasteiger partial charge in [0.1, 0.15) is 6.61 Å². The van der Waals surface area contributed by atoms with Crippen LogP contribution in [0.1, 0.15) is 52.9 Å². The molecule has 0 fully saturated rings. The van der Waals surface area contributed by atoms with Crippen LogP contribution in [0, 0.1) is 0 Å². The molecule has 0 aliphatic carbocycles. The third-order valence-corrected chi connectivity index (χ3v) is 4.30. The zero-order valence-electron chi connectivity index (χ0n) is 12.1. The predicted molar refractivity (Wildman–Crippen MR) is 73.2 cm³/mol. The van der Waals surface area contributed by atoms with Crippen molar-refractivity contribution in [2.75, 3.05) is 7.11 Å². The smallest absolute Gasteiger partial charge is 0.339 e. The molecule has 0 radical (unpaired) electrons. The predicted octanol–water partition coefficient (Wildman–Crippen LogP) is 1.13. The second-order valence-electron chi connectivity index (χ2n) is 5.33. The number of carbonyl (C=O) groups is 2. The molecule has 1 aromatic rings. The third-order valence-electron chi connectivity index (χ3n) is 4.30. The Morgan fingerprint density at radius 3 is 2.86 bits per heavy atom. The lowest BCUT2D eigenvalue weighted by Gasteiger charge is -2.27. The van der Waals surface area contributed by atoms with E-state index in [0.29, 0.717) is 41.8 Å². The first-order valence-electron chi connectivity index (χ1n) is 7.13. The van der Waals surface area contributed by atoms with Gasteiger partial charge in [0.25, 0.3) is 5.56 Å². The molecule has 1 unspecified atom stereocenters. The second-order valence-corrected chi connectivity index (χ2v) is 5.33. The number of pyridine rings is 1. The van der Waals surface area contributed by atoms with Gasteiger partial charge in [0.15, 0.2) is 0 Å². The summed E-state index contributed by atoms with van der Waals surface area (Å²) in [6.07, 6.45) is 1.95. The molecule has 0 saturated heterocycles. The minimum absolute atomic E-state index is 0.0617. The van der Waals surface area contributed by atoms with Crippen molar-refractivity contribution in [2.45, 2.75) is 45.3 Å². The highest BCUT2D eigenvalue weighted by molar-refractivity contribution is 5.96. The molecule has 0 amide bonds. The fraction of sp³-hybridized carbons (Fsp3) is 0.533. The molecule has 0 N–H and O–H groups in total. The molecule has 3 rings (SSSR count). The molecule has 2 aliphatic heterocycles. The van der Waals surface area contributed by atoms with Crippen LogP contribution in [-0.2, 0) is 33.8 Å². The lowest BCUT2D eigenvalue weighted by Crippen LogP contribution is -2.35. The summed E-state index contributed by atoms with van der Waals surface area (Å²) in [5.41, 5.74) is 1.90. The van der Waals surface area contributed by atoms with Crippen LogP contribution >= 0.6 is 0 Å². The minimum Gasteiger partial charge on any atom is -0.465 e. The van der Waals surface area contributed by atoms with Crippen molar-refractivity contribution >= 4 is 11.9 Å². The molecule has 2 aliphatic rings. The SMILES string of the molecule is CCC1C(=O)OCc2c1c(C(=O)OC)c1n(c2=O)CCC1. The van der Waals surface area contributed by atoms with Gasteiger partial charge >= 0.3 is 11.9 Å². The average molecular weight is 291 g/mol. The second kappa shape index (κ2) is 5.02.